The number of pyridine rings is 1. The molecule has 3 aromatic rings. The van der Waals surface area contributed by atoms with Crippen molar-refractivity contribution in [3.63, 3.8) is 0 Å². The number of hydrogen-bond acceptors (Lipinski definition) is 7. The summed E-state index contributed by atoms with van der Waals surface area (Å²) in [6.07, 6.45) is 9.74. The fraction of sp³-hybridized carbons (Fsp3) is 0.515. The summed E-state index contributed by atoms with van der Waals surface area (Å²) >= 11 is 0. The first-order valence-electron chi connectivity index (χ1n) is 14.9. The molecule has 3 N–H and O–H groups in total. The summed E-state index contributed by atoms with van der Waals surface area (Å²) in [7, 11) is 0. The van der Waals surface area contributed by atoms with Gasteiger partial charge in [0.2, 0.25) is 0 Å². The highest BCUT2D eigenvalue weighted by Crippen LogP contribution is 2.44. The number of fused-ring (bicyclic) bond motifs is 2. The number of aromatic nitrogens is 3. The van der Waals surface area contributed by atoms with Gasteiger partial charge in [-0.05, 0) is 97.4 Å². The summed E-state index contributed by atoms with van der Waals surface area (Å²) in [4.78, 5) is 39.4. The van der Waals surface area contributed by atoms with E-state index >= 15 is 0 Å². The summed E-state index contributed by atoms with van der Waals surface area (Å²) < 4.78 is 11.4. The first-order valence-corrected chi connectivity index (χ1v) is 14.9. The van der Waals surface area contributed by atoms with E-state index in [0.717, 1.165) is 36.0 Å². The molecule has 0 saturated carbocycles. The van der Waals surface area contributed by atoms with Gasteiger partial charge >= 0.3 is 12.1 Å². The number of benzene rings is 1. The molecule has 0 saturated heterocycles. The standard InChI is InChI=1S/C33H43N5O4/c1-31(2,3)41-29(39)27(28-36-24-14-7-8-15-25(24)37-28)38-33(23-13-9-11-21-12-10-20-34-26(21)23)18-16-22(17-19-33)35-30(40)42-32(4,5)6/h7-8,10,12,14-16,18,20,22-23,27,38H,9,11,13,17,19H2,1-6H3,(H,35,40)(H,36,37)/t22-,23-,27?,33-/m0/s1. The van der Waals surface area contributed by atoms with E-state index in [2.05, 4.69) is 27.8 Å². The molecular weight excluding hydrogens is 530 g/mol. The smallest absolute Gasteiger partial charge is 0.408 e. The molecule has 0 aliphatic heterocycles. The Morgan fingerprint density at radius 1 is 1.02 bits per heavy atom. The van der Waals surface area contributed by atoms with Crippen molar-refractivity contribution >= 4 is 23.1 Å². The van der Waals surface area contributed by atoms with Crippen molar-refractivity contribution < 1.29 is 19.1 Å². The first-order chi connectivity index (χ1) is 19.8. The number of rotatable bonds is 6. The monoisotopic (exact) mass is 573 g/mol. The minimum Gasteiger partial charge on any atom is -0.458 e. The number of H-pyrrole nitrogens is 1. The zero-order chi connectivity index (χ0) is 30.1. The Morgan fingerprint density at radius 2 is 1.79 bits per heavy atom. The first kappa shape index (κ1) is 29.8. The topological polar surface area (TPSA) is 118 Å². The highest BCUT2D eigenvalue weighted by Gasteiger charge is 2.46. The van der Waals surface area contributed by atoms with E-state index in [1.165, 1.54) is 5.56 Å². The molecule has 224 valence electrons. The van der Waals surface area contributed by atoms with Crippen molar-refractivity contribution in [2.75, 3.05) is 0 Å². The molecule has 9 heteroatoms. The van der Waals surface area contributed by atoms with Gasteiger partial charge in [0, 0.05) is 23.3 Å². The van der Waals surface area contributed by atoms with E-state index in [0.29, 0.717) is 18.7 Å². The van der Waals surface area contributed by atoms with Crippen LogP contribution in [0.5, 0.6) is 0 Å². The summed E-state index contributed by atoms with van der Waals surface area (Å²) in [5, 5.41) is 6.74. The number of ether oxygens (including phenoxy) is 2. The van der Waals surface area contributed by atoms with E-state index in [1.807, 2.05) is 84.1 Å². The summed E-state index contributed by atoms with van der Waals surface area (Å²) in [5.41, 5.74) is 2.00. The van der Waals surface area contributed by atoms with Crippen LogP contribution in [0.25, 0.3) is 11.0 Å². The molecule has 0 bridgehead atoms. The number of para-hydroxylation sites is 2. The number of aryl methyl sites for hydroxylation is 1. The predicted molar refractivity (Wildman–Crippen MR) is 162 cm³/mol. The maximum Gasteiger partial charge on any atom is 0.408 e. The van der Waals surface area contributed by atoms with Crippen LogP contribution in [0, 0.1) is 0 Å². The molecule has 2 aliphatic carbocycles. The van der Waals surface area contributed by atoms with Gasteiger partial charge in [0.15, 0.2) is 6.04 Å². The lowest BCUT2D eigenvalue weighted by Gasteiger charge is -2.46. The summed E-state index contributed by atoms with van der Waals surface area (Å²) in [6, 6.07) is 10.8. The Hall–Kier alpha value is -3.72. The molecule has 0 spiro atoms. The summed E-state index contributed by atoms with van der Waals surface area (Å²) in [5.74, 6) is 0.111. The van der Waals surface area contributed by atoms with Gasteiger partial charge in [-0.2, -0.15) is 0 Å². The van der Waals surface area contributed by atoms with Crippen molar-refractivity contribution in [3.8, 4) is 0 Å². The second-order valence-electron chi connectivity index (χ2n) is 13.4. The van der Waals surface area contributed by atoms with Gasteiger partial charge in [0.05, 0.1) is 17.1 Å². The average Bonchev–Trinajstić information content (AvgIpc) is 3.34. The molecular formula is C33H43N5O4. The third-order valence-electron chi connectivity index (χ3n) is 7.75. The average molecular weight is 574 g/mol. The zero-order valence-electron chi connectivity index (χ0n) is 25.5. The maximum atomic E-state index is 13.9. The third-order valence-corrected chi connectivity index (χ3v) is 7.75. The minimum atomic E-state index is -0.856. The fourth-order valence-corrected chi connectivity index (χ4v) is 6.04. The zero-order valence-corrected chi connectivity index (χ0v) is 25.5. The molecule has 0 fully saturated rings. The van der Waals surface area contributed by atoms with Crippen LogP contribution in [0.1, 0.15) is 96.3 Å². The van der Waals surface area contributed by atoms with Crippen molar-refractivity contribution in [1.82, 2.24) is 25.6 Å². The number of amides is 1. The van der Waals surface area contributed by atoms with E-state index < -0.39 is 34.8 Å². The highest BCUT2D eigenvalue weighted by molar-refractivity contribution is 5.80. The largest absolute Gasteiger partial charge is 0.458 e. The Kier molecular flexibility index (Phi) is 8.16. The Balaban J connectivity index is 1.54. The highest BCUT2D eigenvalue weighted by atomic mass is 16.6. The Labute approximate surface area is 247 Å². The van der Waals surface area contributed by atoms with Crippen LogP contribution >= 0.6 is 0 Å². The van der Waals surface area contributed by atoms with Crippen molar-refractivity contribution in [3.05, 3.63) is 71.8 Å². The maximum absolute atomic E-state index is 13.9. The molecule has 5 rings (SSSR count). The van der Waals surface area contributed by atoms with Crippen molar-refractivity contribution in [2.24, 2.45) is 0 Å². The second-order valence-corrected chi connectivity index (χ2v) is 13.4. The van der Waals surface area contributed by atoms with Crippen LogP contribution in [-0.4, -0.2) is 49.8 Å². The minimum absolute atomic E-state index is 0.00971. The predicted octanol–water partition coefficient (Wildman–Crippen LogP) is 6.03. The van der Waals surface area contributed by atoms with Crippen molar-refractivity contribution in [1.29, 1.82) is 0 Å². The lowest BCUT2D eigenvalue weighted by atomic mass is 9.68. The van der Waals surface area contributed by atoms with E-state index in [-0.39, 0.29) is 12.0 Å². The number of imidazole rings is 1. The number of alkyl carbamates (subject to hydrolysis) is 1. The van der Waals surface area contributed by atoms with E-state index in [1.54, 1.807) is 0 Å². The second kappa shape index (κ2) is 11.5. The molecule has 42 heavy (non-hydrogen) atoms. The van der Waals surface area contributed by atoms with Gasteiger partial charge in [-0.15, -0.1) is 0 Å². The van der Waals surface area contributed by atoms with Gasteiger partial charge in [-0.1, -0.05) is 30.4 Å². The van der Waals surface area contributed by atoms with Gasteiger partial charge in [-0.25, -0.2) is 14.6 Å². The normalized spacial score (nSPS) is 23.2. The van der Waals surface area contributed by atoms with Crippen LogP contribution in [-0.2, 0) is 20.7 Å². The number of carbonyl (C=O) groups is 2. The third kappa shape index (κ3) is 6.84. The number of aromatic amines is 1. The molecule has 0 radical (unpaired) electrons. The van der Waals surface area contributed by atoms with Crippen LogP contribution in [0.2, 0.25) is 0 Å². The number of nitrogens with one attached hydrogen (secondary N) is 3. The summed E-state index contributed by atoms with van der Waals surface area (Å²) in [6.45, 7) is 11.1. The molecule has 2 heterocycles. The molecule has 2 aromatic heterocycles. The van der Waals surface area contributed by atoms with Crippen molar-refractivity contribution in [2.45, 2.75) is 108 Å². The van der Waals surface area contributed by atoms with Crippen LogP contribution in [0.3, 0.4) is 0 Å². The number of carbonyl (C=O) groups excluding carboxylic acids is 2. The lowest BCUT2D eigenvalue weighted by Crippen LogP contribution is -2.56. The Morgan fingerprint density at radius 3 is 2.48 bits per heavy atom. The molecule has 1 unspecified atom stereocenters. The van der Waals surface area contributed by atoms with E-state index in [9.17, 15) is 9.59 Å². The van der Waals surface area contributed by atoms with Gasteiger partial charge < -0.3 is 19.8 Å². The van der Waals surface area contributed by atoms with Gasteiger partial charge in [0.1, 0.15) is 17.0 Å². The van der Waals surface area contributed by atoms with Gasteiger partial charge in [-0.3, -0.25) is 10.3 Å². The molecule has 2 aliphatic rings. The SMILES string of the molecule is CC(C)(C)OC(=O)N[C@H]1C=C[C@@](NC(C(=O)OC(C)(C)C)c2nc3ccccc3[nH]2)([C@H]2CCCc3cccnc32)CC1. The Bertz CT molecular complexity index is 1430. The number of hydrogen-bond donors (Lipinski definition) is 3. The molecule has 1 amide bonds. The van der Waals surface area contributed by atoms with Crippen LogP contribution in [0.4, 0.5) is 4.79 Å². The number of esters is 1. The number of nitrogens with zero attached hydrogens (tertiary/aromatic N) is 2. The van der Waals surface area contributed by atoms with Crippen LogP contribution < -0.4 is 10.6 Å². The quantitative estimate of drug-likeness (QED) is 0.243. The van der Waals surface area contributed by atoms with E-state index in [4.69, 9.17) is 19.4 Å². The fourth-order valence-electron chi connectivity index (χ4n) is 6.04. The van der Waals surface area contributed by atoms with Crippen LogP contribution in [0.15, 0.2) is 54.7 Å². The lowest BCUT2D eigenvalue weighted by molar-refractivity contribution is -0.158. The van der Waals surface area contributed by atoms with Gasteiger partial charge in [0.25, 0.3) is 0 Å². The molecule has 9 nitrogen and oxygen atoms in total. The molecule has 4 atom stereocenters. The molecule has 1 aromatic carbocycles.